The van der Waals surface area contributed by atoms with Crippen LogP contribution in [0, 0.1) is 5.82 Å². The van der Waals surface area contributed by atoms with Crippen LogP contribution in [0.2, 0.25) is 0 Å². The lowest BCUT2D eigenvalue weighted by Crippen LogP contribution is -2.28. The van der Waals surface area contributed by atoms with Crippen LogP contribution in [0.5, 0.6) is 5.75 Å². The molecule has 0 unspecified atom stereocenters. The Hall–Kier alpha value is -1.30. The maximum atomic E-state index is 12.5. The molecule has 0 radical (unpaired) electrons. The third kappa shape index (κ3) is 2.14. The molecule has 0 fully saturated rings. The largest absolute Gasteiger partial charge is 0.505 e. The molecule has 1 rings (SSSR count). The van der Waals surface area contributed by atoms with E-state index >= 15 is 0 Å². The van der Waals surface area contributed by atoms with Crippen LogP contribution in [0.15, 0.2) is 18.2 Å². The van der Waals surface area contributed by atoms with Crippen molar-refractivity contribution in [2.24, 2.45) is 5.73 Å². The van der Waals surface area contributed by atoms with Crippen LogP contribution in [0.3, 0.4) is 0 Å². The first kappa shape index (κ1) is 10.8. The van der Waals surface area contributed by atoms with E-state index in [2.05, 4.69) is 0 Å². The molecule has 0 heterocycles. The monoisotopic (exact) mass is 209 g/mol. The first-order chi connectivity index (χ1) is 6.32. The summed E-state index contributed by atoms with van der Waals surface area (Å²) in [6.07, 6.45) is -4.61. The zero-order valence-electron chi connectivity index (χ0n) is 6.85. The van der Waals surface area contributed by atoms with Crippen molar-refractivity contribution in [1.82, 2.24) is 0 Å². The van der Waals surface area contributed by atoms with E-state index in [0.29, 0.717) is 6.07 Å². The fourth-order valence-corrected chi connectivity index (χ4v) is 0.912. The molecule has 3 N–H and O–H groups in total. The quantitative estimate of drug-likeness (QED) is 0.695. The Bertz CT molecular complexity index is 337. The van der Waals surface area contributed by atoms with Gasteiger partial charge >= 0.3 is 6.18 Å². The molecule has 1 aromatic rings. The minimum absolute atomic E-state index is 0.378. The highest BCUT2D eigenvalue weighted by molar-refractivity contribution is 5.31. The number of nitrogens with two attached hydrogens (primary N) is 1. The van der Waals surface area contributed by atoms with Crippen molar-refractivity contribution in [3.8, 4) is 5.75 Å². The summed E-state index contributed by atoms with van der Waals surface area (Å²) in [7, 11) is 0. The fourth-order valence-electron chi connectivity index (χ4n) is 0.912. The molecule has 0 spiro atoms. The van der Waals surface area contributed by atoms with Gasteiger partial charge in [-0.2, -0.15) is 13.2 Å². The number of aromatic hydroxyl groups is 1. The molecule has 2 nitrogen and oxygen atoms in total. The summed E-state index contributed by atoms with van der Waals surface area (Å²) < 4.78 is 48.7. The Labute approximate surface area is 77.0 Å². The molecule has 0 aliphatic rings. The molecule has 14 heavy (non-hydrogen) atoms. The average Bonchev–Trinajstić information content (AvgIpc) is 2.07. The molecule has 0 saturated carbocycles. The molecule has 0 saturated heterocycles. The van der Waals surface area contributed by atoms with Crippen LogP contribution in [-0.4, -0.2) is 11.3 Å². The molecule has 0 bridgehead atoms. The highest BCUT2D eigenvalue weighted by Gasteiger charge is 2.38. The Morgan fingerprint density at radius 3 is 2.29 bits per heavy atom. The fraction of sp³-hybridized carbons (Fsp3) is 0.250. The number of hydrogen-bond acceptors (Lipinski definition) is 2. The third-order valence-corrected chi connectivity index (χ3v) is 1.68. The summed E-state index contributed by atoms with van der Waals surface area (Å²) >= 11 is 0. The van der Waals surface area contributed by atoms with Crippen molar-refractivity contribution >= 4 is 0 Å². The molecule has 0 aliphatic heterocycles. The van der Waals surface area contributed by atoms with Crippen LogP contribution in [0.25, 0.3) is 0 Å². The standard InChI is InChI=1S/C8H7F4NO/c9-5-2-1-4(3-6(5)14)7(13)8(10,11)12/h1-3,7,14H,13H2/t7-/m1/s1. The highest BCUT2D eigenvalue weighted by atomic mass is 19.4. The van der Waals surface area contributed by atoms with Gasteiger partial charge in [0.2, 0.25) is 0 Å². The normalized spacial score (nSPS) is 14.1. The Morgan fingerprint density at radius 2 is 1.86 bits per heavy atom. The van der Waals surface area contributed by atoms with Crippen LogP contribution in [0.4, 0.5) is 17.6 Å². The lowest BCUT2D eigenvalue weighted by atomic mass is 10.1. The topological polar surface area (TPSA) is 46.2 Å². The summed E-state index contributed by atoms with van der Waals surface area (Å²) in [5.74, 6) is -1.83. The highest BCUT2D eigenvalue weighted by Crippen LogP contribution is 2.32. The van der Waals surface area contributed by atoms with Gasteiger partial charge in [0, 0.05) is 0 Å². The number of phenolic OH excluding ortho intramolecular Hbond substituents is 1. The minimum atomic E-state index is -4.61. The molecule has 1 atom stereocenters. The molecule has 78 valence electrons. The van der Waals surface area contributed by atoms with E-state index in [1.54, 1.807) is 0 Å². The summed E-state index contributed by atoms with van der Waals surface area (Å²) in [6, 6.07) is 0.0609. The Kier molecular flexibility index (Phi) is 2.66. The second-order valence-electron chi connectivity index (χ2n) is 2.73. The van der Waals surface area contributed by atoms with Crippen molar-refractivity contribution in [2.75, 3.05) is 0 Å². The van der Waals surface area contributed by atoms with Crippen LogP contribution in [-0.2, 0) is 0 Å². The maximum Gasteiger partial charge on any atom is 0.407 e. The second-order valence-corrected chi connectivity index (χ2v) is 2.73. The van der Waals surface area contributed by atoms with Gasteiger partial charge in [0.15, 0.2) is 11.6 Å². The molecule has 1 aromatic carbocycles. The van der Waals surface area contributed by atoms with Gasteiger partial charge < -0.3 is 10.8 Å². The predicted octanol–water partition coefficient (Wildman–Crippen LogP) is 2.09. The van der Waals surface area contributed by atoms with Crippen LogP contribution in [0.1, 0.15) is 11.6 Å². The number of rotatable bonds is 1. The number of phenols is 1. The lowest BCUT2D eigenvalue weighted by Gasteiger charge is -2.15. The van der Waals surface area contributed by atoms with Crippen molar-refractivity contribution < 1.29 is 22.7 Å². The smallest absolute Gasteiger partial charge is 0.407 e. The van der Waals surface area contributed by atoms with E-state index in [4.69, 9.17) is 10.8 Å². The lowest BCUT2D eigenvalue weighted by molar-refractivity contribution is -0.149. The first-order valence-corrected chi connectivity index (χ1v) is 3.63. The average molecular weight is 209 g/mol. The van der Waals surface area contributed by atoms with Crippen molar-refractivity contribution in [3.05, 3.63) is 29.6 Å². The summed E-state index contributed by atoms with van der Waals surface area (Å²) in [4.78, 5) is 0. The van der Waals surface area contributed by atoms with E-state index in [0.717, 1.165) is 12.1 Å². The molecular formula is C8H7F4NO. The molecule has 0 amide bonds. The van der Waals surface area contributed by atoms with Gasteiger partial charge in [-0.1, -0.05) is 6.07 Å². The van der Waals surface area contributed by atoms with Crippen molar-refractivity contribution in [2.45, 2.75) is 12.2 Å². The van der Waals surface area contributed by atoms with E-state index < -0.39 is 23.8 Å². The SMILES string of the molecule is N[C@H](c1ccc(F)c(O)c1)C(F)(F)F. The van der Waals surface area contributed by atoms with Gasteiger partial charge in [0.1, 0.15) is 6.04 Å². The Morgan fingerprint density at radius 1 is 1.29 bits per heavy atom. The number of hydrogen-bond donors (Lipinski definition) is 2. The number of benzene rings is 1. The second kappa shape index (κ2) is 3.45. The predicted molar refractivity (Wildman–Crippen MR) is 41.0 cm³/mol. The third-order valence-electron chi connectivity index (χ3n) is 1.68. The summed E-state index contributed by atoms with van der Waals surface area (Å²) in [5.41, 5.74) is 4.45. The van der Waals surface area contributed by atoms with E-state index in [-0.39, 0.29) is 5.56 Å². The van der Waals surface area contributed by atoms with E-state index in [1.807, 2.05) is 0 Å². The first-order valence-electron chi connectivity index (χ1n) is 3.63. The van der Waals surface area contributed by atoms with Gasteiger partial charge in [-0.15, -0.1) is 0 Å². The van der Waals surface area contributed by atoms with E-state index in [9.17, 15) is 17.6 Å². The van der Waals surface area contributed by atoms with Crippen LogP contribution >= 0.6 is 0 Å². The van der Waals surface area contributed by atoms with Gasteiger partial charge in [-0.25, -0.2) is 4.39 Å². The van der Waals surface area contributed by atoms with Crippen LogP contribution < -0.4 is 5.73 Å². The molecule has 6 heteroatoms. The van der Waals surface area contributed by atoms with E-state index in [1.165, 1.54) is 0 Å². The van der Waals surface area contributed by atoms with Gasteiger partial charge in [0.25, 0.3) is 0 Å². The summed E-state index contributed by atoms with van der Waals surface area (Å²) in [5, 5.41) is 8.82. The van der Waals surface area contributed by atoms with Gasteiger partial charge in [0.05, 0.1) is 0 Å². The maximum absolute atomic E-state index is 12.5. The van der Waals surface area contributed by atoms with Gasteiger partial charge in [-0.05, 0) is 17.7 Å². The summed E-state index contributed by atoms with van der Waals surface area (Å²) in [6.45, 7) is 0. The Balaban J connectivity index is 3.03. The van der Waals surface area contributed by atoms with Crippen molar-refractivity contribution in [3.63, 3.8) is 0 Å². The molecular weight excluding hydrogens is 202 g/mol. The molecule has 0 aromatic heterocycles. The zero-order chi connectivity index (χ0) is 10.9. The molecule has 0 aliphatic carbocycles. The number of alkyl halides is 3. The number of halogens is 4. The zero-order valence-corrected chi connectivity index (χ0v) is 6.85. The van der Waals surface area contributed by atoms with Crippen molar-refractivity contribution in [1.29, 1.82) is 0 Å². The van der Waals surface area contributed by atoms with Gasteiger partial charge in [-0.3, -0.25) is 0 Å². The minimum Gasteiger partial charge on any atom is -0.505 e.